The minimum absolute atomic E-state index is 0.0652. The van der Waals surface area contributed by atoms with Gasteiger partial charge in [0.2, 0.25) is 0 Å². The predicted octanol–water partition coefficient (Wildman–Crippen LogP) is 4.33. The number of carbonyl (C=O) groups excluding carboxylic acids is 1. The number of urea groups is 1. The van der Waals surface area contributed by atoms with Crippen LogP contribution in [-0.4, -0.2) is 24.8 Å². The van der Waals surface area contributed by atoms with Crippen molar-refractivity contribution in [2.75, 3.05) is 19.0 Å². The third-order valence-electron chi connectivity index (χ3n) is 4.27. The van der Waals surface area contributed by atoms with E-state index in [1.54, 1.807) is 19.2 Å². The van der Waals surface area contributed by atoms with Gasteiger partial charge in [-0.3, -0.25) is 0 Å². The number of aryl methyl sites for hydroxylation is 1. The van der Waals surface area contributed by atoms with Crippen molar-refractivity contribution in [1.29, 1.82) is 0 Å². The number of methoxy groups -OCH3 is 1. The number of carbonyl (C=O) groups is 1. The first kappa shape index (κ1) is 20.1. The van der Waals surface area contributed by atoms with Gasteiger partial charge in [-0.25, -0.2) is 4.79 Å². The van der Waals surface area contributed by atoms with Crippen LogP contribution in [0.1, 0.15) is 36.6 Å². The quantitative estimate of drug-likeness (QED) is 0.673. The van der Waals surface area contributed by atoms with Crippen LogP contribution in [0, 0.1) is 0 Å². The second-order valence-corrected chi connectivity index (χ2v) is 6.27. The van der Waals surface area contributed by atoms with Crippen LogP contribution < -0.4 is 15.4 Å². The number of amides is 2. The van der Waals surface area contributed by atoms with Gasteiger partial charge < -0.3 is 20.5 Å². The molecule has 0 fully saturated rings. The molecule has 6 heteroatoms. The fourth-order valence-corrected chi connectivity index (χ4v) is 3.16. The van der Waals surface area contributed by atoms with E-state index in [0.29, 0.717) is 22.8 Å². The van der Waals surface area contributed by atoms with Crippen LogP contribution in [0.3, 0.4) is 0 Å². The summed E-state index contributed by atoms with van der Waals surface area (Å²) < 4.78 is 5.24. The molecule has 0 radical (unpaired) electrons. The summed E-state index contributed by atoms with van der Waals surface area (Å²) in [6.07, 6.45) is 0.628. The summed E-state index contributed by atoms with van der Waals surface area (Å²) in [4.78, 5) is 12.3. The highest BCUT2D eigenvalue weighted by Gasteiger charge is 2.16. The van der Waals surface area contributed by atoms with E-state index in [1.807, 2.05) is 38.1 Å². The lowest BCUT2D eigenvalue weighted by Crippen LogP contribution is -2.33. The fourth-order valence-electron chi connectivity index (χ4n) is 2.87. The van der Waals surface area contributed by atoms with Crippen molar-refractivity contribution in [2.45, 2.75) is 32.8 Å². The van der Waals surface area contributed by atoms with E-state index in [0.717, 1.165) is 23.2 Å². The SMILES string of the molecule is CCc1ccc(Cl)c(CC)c1NC(=O)NC[C@@H](O)c1ccccc1OC. The summed E-state index contributed by atoms with van der Waals surface area (Å²) in [7, 11) is 1.55. The molecule has 2 amide bonds. The molecular weight excluding hydrogens is 352 g/mol. The molecule has 2 rings (SSSR count). The third-order valence-corrected chi connectivity index (χ3v) is 4.62. The molecule has 1 atom stereocenters. The Balaban J connectivity index is 2.07. The summed E-state index contributed by atoms with van der Waals surface area (Å²) in [6, 6.07) is 10.6. The van der Waals surface area contributed by atoms with Gasteiger partial charge >= 0.3 is 6.03 Å². The van der Waals surface area contributed by atoms with E-state index in [-0.39, 0.29) is 12.6 Å². The van der Waals surface area contributed by atoms with E-state index in [4.69, 9.17) is 16.3 Å². The number of nitrogens with one attached hydrogen (secondary N) is 2. The number of aliphatic hydroxyl groups excluding tert-OH is 1. The van der Waals surface area contributed by atoms with E-state index < -0.39 is 6.10 Å². The average molecular weight is 377 g/mol. The third kappa shape index (κ3) is 4.68. The molecule has 2 aromatic carbocycles. The molecule has 0 spiro atoms. The van der Waals surface area contributed by atoms with Crippen molar-refractivity contribution in [3.05, 3.63) is 58.1 Å². The summed E-state index contributed by atoms with van der Waals surface area (Å²) in [5.74, 6) is 0.582. The molecule has 26 heavy (non-hydrogen) atoms. The minimum Gasteiger partial charge on any atom is -0.496 e. The molecule has 0 aliphatic carbocycles. The van der Waals surface area contributed by atoms with Crippen molar-refractivity contribution >= 4 is 23.3 Å². The highest BCUT2D eigenvalue weighted by atomic mass is 35.5. The van der Waals surface area contributed by atoms with E-state index in [9.17, 15) is 9.90 Å². The Labute approximate surface area is 159 Å². The van der Waals surface area contributed by atoms with Gasteiger partial charge in [0, 0.05) is 17.1 Å². The normalized spacial score (nSPS) is 11.7. The number of aliphatic hydroxyl groups is 1. The second kappa shape index (κ2) is 9.46. The lowest BCUT2D eigenvalue weighted by Gasteiger charge is -2.18. The number of ether oxygens (including phenoxy) is 1. The first-order chi connectivity index (χ1) is 12.5. The van der Waals surface area contributed by atoms with Crippen LogP contribution >= 0.6 is 11.6 Å². The van der Waals surface area contributed by atoms with Crippen LogP contribution in [0.4, 0.5) is 10.5 Å². The van der Waals surface area contributed by atoms with Crippen molar-refractivity contribution < 1.29 is 14.6 Å². The van der Waals surface area contributed by atoms with Crippen molar-refractivity contribution in [1.82, 2.24) is 5.32 Å². The lowest BCUT2D eigenvalue weighted by molar-refractivity contribution is 0.171. The second-order valence-electron chi connectivity index (χ2n) is 5.86. The number of anilines is 1. The molecule has 0 saturated heterocycles. The zero-order valence-corrected chi connectivity index (χ0v) is 16.1. The number of rotatable bonds is 7. The average Bonchev–Trinajstić information content (AvgIpc) is 2.66. The Hall–Kier alpha value is -2.24. The van der Waals surface area contributed by atoms with Gasteiger partial charge in [0.05, 0.1) is 18.9 Å². The molecule has 3 N–H and O–H groups in total. The van der Waals surface area contributed by atoms with E-state index in [2.05, 4.69) is 10.6 Å². The topological polar surface area (TPSA) is 70.6 Å². The Morgan fingerprint density at radius 3 is 2.58 bits per heavy atom. The van der Waals surface area contributed by atoms with Crippen LogP contribution in [0.15, 0.2) is 36.4 Å². The van der Waals surface area contributed by atoms with Crippen molar-refractivity contribution in [3.63, 3.8) is 0 Å². The van der Waals surface area contributed by atoms with Gasteiger partial charge in [-0.1, -0.05) is 49.7 Å². The van der Waals surface area contributed by atoms with Crippen LogP contribution in [0.25, 0.3) is 0 Å². The lowest BCUT2D eigenvalue weighted by atomic mass is 10.0. The molecule has 0 unspecified atom stereocenters. The summed E-state index contributed by atoms with van der Waals surface area (Å²) >= 11 is 6.26. The van der Waals surface area contributed by atoms with Crippen molar-refractivity contribution in [3.8, 4) is 5.75 Å². The van der Waals surface area contributed by atoms with Gasteiger partial charge in [-0.05, 0) is 36.1 Å². The Bertz CT molecular complexity index is 765. The van der Waals surface area contributed by atoms with Gasteiger partial charge in [0.25, 0.3) is 0 Å². The van der Waals surface area contributed by atoms with Crippen molar-refractivity contribution in [2.24, 2.45) is 0 Å². The molecule has 0 heterocycles. The molecule has 0 saturated carbocycles. The molecule has 5 nitrogen and oxygen atoms in total. The van der Waals surface area contributed by atoms with Crippen LogP contribution in [0.2, 0.25) is 5.02 Å². The maximum atomic E-state index is 12.3. The molecule has 0 aliphatic heterocycles. The van der Waals surface area contributed by atoms with E-state index in [1.165, 1.54) is 0 Å². The predicted molar refractivity (Wildman–Crippen MR) is 105 cm³/mol. The molecule has 140 valence electrons. The Morgan fingerprint density at radius 1 is 1.19 bits per heavy atom. The van der Waals surface area contributed by atoms with Crippen LogP contribution in [-0.2, 0) is 12.8 Å². The monoisotopic (exact) mass is 376 g/mol. The summed E-state index contributed by atoms with van der Waals surface area (Å²) in [6.45, 7) is 4.09. The number of hydrogen-bond donors (Lipinski definition) is 3. The first-order valence-corrected chi connectivity index (χ1v) is 9.05. The highest BCUT2D eigenvalue weighted by Crippen LogP contribution is 2.29. The fraction of sp³-hybridized carbons (Fsp3) is 0.350. The number of hydrogen-bond acceptors (Lipinski definition) is 3. The number of benzene rings is 2. The number of halogens is 1. The van der Waals surface area contributed by atoms with Gasteiger partial charge in [0.15, 0.2) is 0 Å². The maximum absolute atomic E-state index is 12.3. The zero-order valence-electron chi connectivity index (χ0n) is 15.3. The van der Waals surface area contributed by atoms with E-state index >= 15 is 0 Å². The molecule has 0 bridgehead atoms. The maximum Gasteiger partial charge on any atom is 0.319 e. The molecule has 2 aromatic rings. The van der Waals surface area contributed by atoms with Crippen LogP contribution in [0.5, 0.6) is 5.75 Å². The summed E-state index contributed by atoms with van der Waals surface area (Å²) in [5, 5.41) is 16.6. The largest absolute Gasteiger partial charge is 0.496 e. The number of para-hydroxylation sites is 1. The minimum atomic E-state index is -0.868. The molecule has 0 aliphatic rings. The molecular formula is C20H25ClN2O3. The molecule has 0 aromatic heterocycles. The Morgan fingerprint density at radius 2 is 1.92 bits per heavy atom. The first-order valence-electron chi connectivity index (χ1n) is 8.67. The standard InChI is InChI=1S/C20H25ClN2O3/c1-4-13-10-11-16(21)14(5-2)19(13)23-20(25)22-12-17(24)15-8-6-7-9-18(15)26-3/h6-11,17,24H,4-5,12H2,1-3H3,(H2,22,23,25)/t17-/m1/s1. The highest BCUT2D eigenvalue weighted by molar-refractivity contribution is 6.31. The van der Waals surface area contributed by atoms with Gasteiger partial charge in [-0.15, -0.1) is 0 Å². The van der Waals surface area contributed by atoms with Gasteiger partial charge in [-0.2, -0.15) is 0 Å². The Kier molecular flexibility index (Phi) is 7.30. The van der Waals surface area contributed by atoms with Gasteiger partial charge in [0.1, 0.15) is 5.75 Å². The smallest absolute Gasteiger partial charge is 0.319 e. The zero-order chi connectivity index (χ0) is 19.1. The summed E-state index contributed by atoms with van der Waals surface area (Å²) in [5.41, 5.74) is 3.30.